The standard InChI is InChI=1S/C23H29N3O4S/c1-15-7-9-19(10-8-15)31(29,30)26-11-5-6-20(26)23(28)24-14-21(27)25-22-17(3)12-16(2)13-18(22)4/h7-10,12-13,20H,5-6,11,14H2,1-4H3,(H,24,28)(H,25,27)/t20-/m0/s1. The zero-order chi connectivity index (χ0) is 22.8. The summed E-state index contributed by atoms with van der Waals surface area (Å²) in [7, 11) is -3.78. The van der Waals surface area contributed by atoms with Gasteiger partial charge < -0.3 is 10.6 Å². The summed E-state index contributed by atoms with van der Waals surface area (Å²) in [5.74, 6) is -0.810. The molecule has 0 spiro atoms. The number of nitrogens with one attached hydrogen (secondary N) is 2. The molecule has 8 heteroatoms. The first-order chi connectivity index (χ1) is 14.6. The monoisotopic (exact) mass is 443 g/mol. The van der Waals surface area contributed by atoms with Gasteiger partial charge in [-0.25, -0.2) is 8.42 Å². The summed E-state index contributed by atoms with van der Waals surface area (Å²) in [5.41, 5.74) is 4.69. The molecule has 1 atom stereocenters. The van der Waals surface area contributed by atoms with E-state index in [0.29, 0.717) is 12.8 Å². The number of aryl methyl sites for hydroxylation is 4. The highest BCUT2D eigenvalue weighted by atomic mass is 32.2. The van der Waals surface area contributed by atoms with E-state index in [1.807, 2.05) is 39.8 Å². The van der Waals surface area contributed by atoms with Crippen molar-refractivity contribution in [3.05, 3.63) is 58.7 Å². The number of sulfonamides is 1. The molecule has 0 bridgehead atoms. The van der Waals surface area contributed by atoms with Crippen LogP contribution >= 0.6 is 0 Å². The number of carbonyl (C=O) groups excluding carboxylic acids is 2. The minimum absolute atomic E-state index is 0.167. The van der Waals surface area contributed by atoms with Crippen molar-refractivity contribution in [2.75, 3.05) is 18.4 Å². The van der Waals surface area contributed by atoms with Crippen LogP contribution in [0.15, 0.2) is 41.3 Å². The fraction of sp³-hybridized carbons (Fsp3) is 0.391. The Hall–Kier alpha value is -2.71. The summed E-state index contributed by atoms with van der Waals surface area (Å²) >= 11 is 0. The van der Waals surface area contributed by atoms with Gasteiger partial charge in [0.05, 0.1) is 11.4 Å². The van der Waals surface area contributed by atoms with Crippen molar-refractivity contribution in [3.8, 4) is 0 Å². The van der Waals surface area contributed by atoms with Gasteiger partial charge in [-0.05, 0) is 63.8 Å². The number of anilines is 1. The molecule has 1 fully saturated rings. The van der Waals surface area contributed by atoms with E-state index in [4.69, 9.17) is 0 Å². The highest BCUT2D eigenvalue weighted by Gasteiger charge is 2.39. The fourth-order valence-electron chi connectivity index (χ4n) is 3.98. The molecule has 166 valence electrons. The Morgan fingerprint density at radius 2 is 1.61 bits per heavy atom. The van der Waals surface area contributed by atoms with Gasteiger partial charge in [0.15, 0.2) is 0 Å². The minimum atomic E-state index is -3.78. The average molecular weight is 444 g/mol. The fourth-order valence-corrected chi connectivity index (χ4v) is 5.64. The Morgan fingerprint density at radius 1 is 1.00 bits per heavy atom. The van der Waals surface area contributed by atoms with E-state index in [9.17, 15) is 18.0 Å². The van der Waals surface area contributed by atoms with Gasteiger partial charge in [-0.1, -0.05) is 35.4 Å². The molecule has 2 N–H and O–H groups in total. The molecule has 0 aliphatic carbocycles. The van der Waals surface area contributed by atoms with E-state index in [1.54, 1.807) is 24.3 Å². The zero-order valence-corrected chi connectivity index (χ0v) is 19.2. The summed E-state index contributed by atoms with van der Waals surface area (Å²) in [5, 5.41) is 5.44. The summed E-state index contributed by atoms with van der Waals surface area (Å²) in [6.07, 6.45) is 1.02. The highest BCUT2D eigenvalue weighted by Crippen LogP contribution is 2.26. The number of nitrogens with zero attached hydrogens (tertiary/aromatic N) is 1. The van der Waals surface area contributed by atoms with Crippen LogP contribution in [0.4, 0.5) is 5.69 Å². The van der Waals surface area contributed by atoms with E-state index in [-0.39, 0.29) is 23.9 Å². The number of rotatable bonds is 6. The third kappa shape index (κ3) is 5.14. The van der Waals surface area contributed by atoms with Gasteiger partial charge in [0.1, 0.15) is 6.04 Å². The molecular weight excluding hydrogens is 414 g/mol. The predicted octanol–water partition coefficient (Wildman–Crippen LogP) is 2.83. The van der Waals surface area contributed by atoms with Gasteiger partial charge in [0, 0.05) is 12.2 Å². The van der Waals surface area contributed by atoms with Crippen molar-refractivity contribution in [1.29, 1.82) is 0 Å². The molecular formula is C23H29N3O4S. The lowest BCUT2D eigenvalue weighted by Crippen LogP contribution is -2.47. The summed E-state index contributed by atoms with van der Waals surface area (Å²) < 4.78 is 27.3. The maximum atomic E-state index is 13.0. The van der Waals surface area contributed by atoms with Crippen LogP contribution in [0.2, 0.25) is 0 Å². The highest BCUT2D eigenvalue weighted by molar-refractivity contribution is 7.89. The molecule has 7 nitrogen and oxygen atoms in total. The number of benzene rings is 2. The van der Waals surface area contributed by atoms with Gasteiger partial charge >= 0.3 is 0 Å². The lowest BCUT2D eigenvalue weighted by atomic mass is 10.1. The molecule has 2 aromatic carbocycles. The molecule has 0 saturated carbocycles. The van der Waals surface area contributed by atoms with Crippen molar-refractivity contribution in [3.63, 3.8) is 0 Å². The molecule has 31 heavy (non-hydrogen) atoms. The average Bonchev–Trinajstić information content (AvgIpc) is 3.20. The molecule has 1 aliphatic rings. The Kier molecular flexibility index (Phi) is 6.81. The van der Waals surface area contributed by atoms with E-state index >= 15 is 0 Å². The van der Waals surface area contributed by atoms with Crippen LogP contribution in [0.3, 0.4) is 0 Å². The molecule has 1 aliphatic heterocycles. The molecule has 2 aromatic rings. The largest absolute Gasteiger partial charge is 0.346 e. The van der Waals surface area contributed by atoms with Crippen LogP contribution in [-0.4, -0.2) is 43.7 Å². The van der Waals surface area contributed by atoms with E-state index in [0.717, 1.165) is 27.9 Å². The summed E-state index contributed by atoms with van der Waals surface area (Å²) in [6.45, 7) is 7.76. The van der Waals surface area contributed by atoms with Crippen LogP contribution in [0.5, 0.6) is 0 Å². The van der Waals surface area contributed by atoms with Crippen LogP contribution < -0.4 is 10.6 Å². The van der Waals surface area contributed by atoms with Crippen molar-refractivity contribution in [2.24, 2.45) is 0 Å². The van der Waals surface area contributed by atoms with Crippen LogP contribution in [0.25, 0.3) is 0 Å². The van der Waals surface area contributed by atoms with Crippen molar-refractivity contribution < 1.29 is 18.0 Å². The van der Waals surface area contributed by atoms with Crippen LogP contribution in [0.1, 0.15) is 35.1 Å². The Balaban J connectivity index is 1.65. The van der Waals surface area contributed by atoms with Crippen LogP contribution in [0, 0.1) is 27.7 Å². The second-order valence-corrected chi connectivity index (χ2v) is 10.0. The summed E-state index contributed by atoms with van der Waals surface area (Å²) in [4.78, 5) is 25.3. The van der Waals surface area contributed by atoms with Gasteiger partial charge in [0.25, 0.3) is 0 Å². The third-order valence-electron chi connectivity index (χ3n) is 5.50. The molecule has 1 saturated heterocycles. The zero-order valence-electron chi connectivity index (χ0n) is 18.4. The lowest BCUT2D eigenvalue weighted by molar-refractivity contribution is -0.126. The van der Waals surface area contributed by atoms with Gasteiger partial charge in [0.2, 0.25) is 21.8 Å². The second-order valence-electron chi connectivity index (χ2n) is 8.13. The van der Waals surface area contributed by atoms with Gasteiger partial charge in [-0.15, -0.1) is 0 Å². The molecule has 3 rings (SSSR count). The molecule has 0 aromatic heterocycles. The third-order valence-corrected chi connectivity index (χ3v) is 7.42. The second kappa shape index (κ2) is 9.20. The van der Waals surface area contributed by atoms with Crippen molar-refractivity contribution >= 4 is 27.5 Å². The topological polar surface area (TPSA) is 95.6 Å². The molecule has 0 unspecified atom stereocenters. The minimum Gasteiger partial charge on any atom is -0.346 e. The van der Waals surface area contributed by atoms with Gasteiger partial charge in [-0.2, -0.15) is 4.31 Å². The Labute approximate surface area is 183 Å². The number of amides is 2. The quantitative estimate of drug-likeness (QED) is 0.718. The Bertz CT molecular complexity index is 1070. The SMILES string of the molecule is Cc1ccc(S(=O)(=O)N2CCC[C@H]2C(=O)NCC(=O)Nc2c(C)cc(C)cc2C)cc1. The number of carbonyl (C=O) groups is 2. The first-order valence-corrected chi connectivity index (χ1v) is 11.8. The number of hydrogen-bond donors (Lipinski definition) is 2. The predicted molar refractivity (Wildman–Crippen MR) is 120 cm³/mol. The molecule has 1 heterocycles. The Morgan fingerprint density at radius 3 is 2.23 bits per heavy atom. The summed E-state index contributed by atoms with van der Waals surface area (Å²) in [6, 6.07) is 9.72. The van der Waals surface area contributed by atoms with Gasteiger partial charge in [-0.3, -0.25) is 9.59 Å². The number of hydrogen-bond acceptors (Lipinski definition) is 4. The first-order valence-electron chi connectivity index (χ1n) is 10.3. The van der Waals surface area contributed by atoms with E-state index in [2.05, 4.69) is 10.6 Å². The van der Waals surface area contributed by atoms with Crippen molar-refractivity contribution in [1.82, 2.24) is 9.62 Å². The molecule has 2 amide bonds. The van der Waals surface area contributed by atoms with E-state index in [1.165, 1.54) is 4.31 Å². The maximum absolute atomic E-state index is 13.0. The van der Waals surface area contributed by atoms with Crippen molar-refractivity contribution in [2.45, 2.75) is 51.5 Å². The smallest absolute Gasteiger partial charge is 0.243 e. The van der Waals surface area contributed by atoms with Crippen LogP contribution in [-0.2, 0) is 19.6 Å². The molecule has 0 radical (unpaired) electrons. The maximum Gasteiger partial charge on any atom is 0.243 e. The normalized spacial score (nSPS) is 16.8. The lowest BCUT2D eigenvalue weighted by Gasteiger charge is -2.23. The van der Waals surface area contributed by atoms with E-state index < -0.39 is 22.0 Å². The first kappa shape index (κ1) is 23.0.